The Morgan fingerprint density at radius 2 is 0.519 bits per heavy atom. The maximum Gasteiger partial charge on any atom is 0.141 e. The minimum Gasteiger partial charge on any atom is -0.376 e. The van der Waals surface area contributed by atoms with Crippen LogP contribution in [-0.2, 0) is 11.2 Å². The molecule has 260 valence electrons. The Morgan fingerprint density at radius 1 is 0.259 bits per heavy atom. The summed E-state index contributed by atoms with van der Waals surface area (Å²) >= 11 is 0. The molecule has 0 heterocycles. The molecule has 0 saturated carbocycles. The van der Waals surface area contributed by atoms with Crippen molar-refractivity contribution in [3.8, 4) is 0 Å². The van der Waals surface area contributed by atoms with Crippen LogP contribution in [0.15, 0.2) is 218 Å². The largest absolute Gasteiger partial charge is 0.376 e. The standard InChI is InChI=1S/C50H38N2O2/c53-49(37-19-7-1-8-20-37)45-33-31-44(52(41-27-15-5-16-28-41)42-29-17-6-18-30-42)36-48(45)50(54,38-21-9-2-10-22-38)46-34-32-43(35-47(46)49)51(39-23-11-3-12-24-39)40-25-13-4-14-26-40/h1-36,53-54H. The molecule has 4 nitrogen and oxygen atoms in total. The summed E-state index contributed by atoms with van der Waals surface area (Å²) < 4.78 is 0. The highest BCUT2D eigenvalue weighted by Gasteiger charge is 2.51. The number of nitrogens with zero attached hydrogens (tertiary/aromatic N) is 2. The van der Waals surface area contributed by atoms with Gasteiger partial charge in [-0.1, -0.05) is 146 Å². The lowest BCUT2D eigenvalue weighted by Crippen LogP contribution is -2.44. The normalized spacial score (nSPS) is 17.2. The van der Waals surface area contributed by atoms with Crippen LogP contribution in [-0.4, -0.2) is 10.2 Å². The zero-order chi connectivity index (χ0) is 36.5. The molecular formula is C50H38N2O2. The second-order valence-corrected chi connectivity index (χ2v) is 13.6. The first kappa shape index (κ1) is 33.1. The minimum atomic E-state index is -1.62. The summed E-state index contributed by atoms with van der Waals surface area (Å²) in [6.07, 6.45) is 0. The number of benzene rings is 8. The van der Waals surface area contributed by atoms with Gasteiger partial charge in [-0.05, 0) is 95.1 Å². The third kappa shape index (κ3) is 5.48. The van der Waals surface area contributed by atoms with Crippen LogP contribution in [0.2, 0.25) is 0 Å². The highest BCUT2D eigenvalue weighted by atomic mass is 16.3. The van der Waals surface area contributed by atoms with Crippen LogP contribution in [0.25, 0.3) is 0 Å². The van der Waals surface area contributed by atoms with E-state index in [0.29, 0.717) is 33.4 Å². The lowest BCUT2D eigenvalue weighted by molar-refractivity contribution is 0.0749. The molecule has 0 bridgehead atoms. The molecule has 8 aromatic rings. The monoisotopic (exact) mass is 698 g/mol. The zero-order valence-corrected chi connectivity index (χ0v) is 29.6. The molecule has 0 fully saturated rings. The van der Waals surface area contributed by atoms with E-state index in [9.17, 15) is 10.2 Å². The van der Waals surface area contributed by atoms with Crippen molar-refractivity contribution in [2.75, 3.05) is 9.80 Å². The van der Waals surface area contributed by atoms with Gasteiger partial charge in [-0.15, -0.1) is 0 Å². The molecule has 1 aliphatic rings. The average Bonchev–Trinajstić information content (AvgIpc) is 3.25. The third-order valence-electron chi connectivity index (χ3n) is 10.5. The van der Waals surface area contributed by atoms with Crippen molar-refractivity contribution < 1.29 is 10.2 Å². The molecule has 0 aliphatic heterocycles. The van der Waals surface area contributed by atoms with Gasteiger partial charge in [-0.3, -0.25) is 0 Å². The van der Waals surface area contributed by atoms with E-state index in [2.05, 4.69) is 58.3 Å². The topological polar surface area (TPSA) is 46.9 Å². The second-order valence-electron chi connectivity index (χ2n) is 13.6. The van der Waals surface area contributed by atoms with E-state index < -0.39 is 11.2 Å². The van der Waals surface area contributed by atoms with Gasteiger partial charge in [0, 0.05) is 45.3 Å². The molecule has 0 saturated heterocycles. The van der Waals surface area contributed by atoms with E-state index in [1.54, 1.807) is 0 Å². The van der Waals surface area contributed by atoms with E-state index in [1.165, 1.54) is 0 Å². The molecule has 0 aromatic heterocycles. The van der Waals surface area contributed by atoms with E-state index in [1.807, 2.05) is 170 Å². The van der Waals surface area contributed by atoms with Gasteiger partial charge < -0.3 is 20.0 Å². The Morgan fingerprint density at radius 3 is 0.796 bits per heavy atom. The molecular weight excluding hydrogens is 661 g/mol. The average molecular weight is 699 g/mol. The Balaban J connectivity index is 1.34. The van der Waals surface area contributed by atoms with E-state index in [4.69, 9.17) is 0 Å². The summed E-state index contributed by atoms with van der Waals surface area (Å²) in [5.41, 5.74) is 6.25. The Bertz CT molecular complexity index is 2260. The summed E-state index contributed by atoms with van der Waals surface area (Å²) in [5, 5.41) is 27.2. The van der Waals surface area contributed by atoms with Crippen LogP contribution in [0.3, 0.4) is 0 Å². The Labute approximate surface area is 316 Å². The van der Waals surface area contributed by atoms with Crippen LogP contribution >= 0.6 is 0 Å². The molecule has 2 atom stereocenters. The molecule has 0 amide bonds. The quantitative estimate of drug-likeness (QED) is 0.166. The number of anilines is 6. The van der Waals surface area contributed by atoms with Gasteiger partial charge in [-0.2, -0.15) is 0 Å². The predicted octanol–water partition coefficient (Wildman–Crippen LogP) is 11.5. The van der Waals surface area contributed by atoms with Crippen LogP contribution in [0, 0.1) is 0 Å². The highest BCUT2D eigenvalue weighted by Crippen LogP contribution is 2.55. The fourth-order valence-corrected chi connectivity index (χ4v) is 8.05. The van der Waals surface area contributed by atoms with Crippen molar-refractivity contribution in [1.82, 2.24) is 0 Å². The van der Waals surface area contributed by atoms with Gasteiger partial charge in [0.05, 0.1) is 0 Å². The molecule has 1 aliphatic carbocycles. The first-order valence-corrected chi connectivity index (χ1v) is 18.2. The SMILES string of the molecule is OC1(c2ccccc2)c2ccc(N(c3ccccc3)c3ccccc3)cc2C(O)(c2ccccc2)c2ccc(N(c3ccccc3)c3ccccc3)cc21. The number of hydrogen-bond donors (Lipinski definition) is 2. The molecule has 8 aromatic carbocycles. The first-order chi connectivity index (χ1) is 26.6. The summed E-state index contributed by atoms with van der Waals surface area (Å²) in [6, 6.07) is 72.7. The van der Waals surface area contributed by atoms with Gasteiger partial charge in [0.2, 0.25) is 0 Å². The second kappa shape index (κ2) is 13.7. The minimum absolute atomic E-state index is 0.609. The van der Waals surface area contributed by atoms with Crippen LogP contribution in [0.1, 0.15) is 33.4 Å². The molecule has 0 radical (unpaired) electrons. The molecule has 2 N–H and O–H groups in total. The van der Waals surface area contributed by atoms with Crippen molar-refractivity contribution in [1.29, 1.82) is 0 Å². The van der Waals surface area contributed by atoms with Crippen molar-refractivity contribution in [2.24, 2.45) is 0 Å². The summed E-state index contributed by atoms with van der Waals surface area (Å²) in [7, 11) is 0. The van der Waals surface area contributed by atoms with E-state index >= 15 is 0 Å². The maximum absolute atomic E-state index is 13.6. The number of aliphatic hydroxyl groups is 2. The van der Waals surface area contributed by atoms with Gasteiger partial charge in [0.1, 0.15) is 11.2 Å². The van der Waals surface area contributed by atoms with Crippen LogP contribution < -0.4 is 9.80 Å². The van der Waals surface area contributed by atoms with Gasteiger partial charge >= 0.3 is 0 Å². The van der Waals surface area contributed by atoms with Gasteiger partial charge in [0.15, 0.2) is 0 Å². The predicted molar refractivity (Wildman–Crippen MR) is 219 cm³/mol. The highest BCUT2D eigenvalue weighted by molar-refractivity contribution is 5.81. The van der Waals surface area contributed by atoms with Crippen molar-refractivity contribution >= 4 is 34.1 Å². The Kier molecular flexibility index (Phi) is 8.40. The van der Waals surface area contributed by atoms with Crippen LogP contribution in [0.5, 0.6) is 0 Å². The summed E-state index contributed by atoms with van der Waals surface area (Å²) in [4.78, 5) is 4.37. The number of hydrogen-bond acceptors (Lipinski definition) is 4. The molecule has 54 heavy (non-hydrogen) atoms. The third-order valence-corrected chi connectivity index (χ3v) is 10.5. The lowest BCUT2D eigenvalue weighted by atomic mass is 9.63. The smallest absolute Gasteiger partial charge is 0.141 e. The van der Waals surface area contributed by atoms with Gasteiger partial charge in [0.25, 0.3) is 0 Å². The van der Waals surface area contributed by atoms with Crippen molar-refractivity contribution in [3.63, 3.8) is 0 Å². The molecule has 0 spiro atoms. The summed E-state index contributed by atoms with van der Waals surface area (Å²) in [5.74, 6) is 0. The number of fused-ring (bicyclic) bond motifs is 2. The van der Waals surface area contributed by atoms with E-state index in [0.717, 1.165) is 34.1 Å². The Hall–Kier alpha value is -6.72. The molecule has 4 heteroatoms. The summed E-state index contributed by atoms with van der Waals surface area (Å²) in [6.45, 7) is 0. The fraction of sp³-hybridized carbons (Fsp3) is 0.0400. The van der Waals surface area contributed by atoms with Crippen LogP contribution in [0.4, 0.5) is 34.1 Å². The van der Waals surface area contributed by atoms with Gasteiger partial charge in [-0.25, -0.2) is 0 Å². The fourth-order valence-electron chi connectivity index (χ4n) is 8.05. The van der Waals surface area contributed by atoms with Crippen molar-refractivity contribution in [2.45, 2.75) is 11.2 Å². The number of rotatable bonds is 8. The maximum atomic E-state index is 13.6. The van der Waals surface area contributed by atoms with E-state index in [-0.39, 0.29) is 0 Å². The lowest BCUT2D eigenvalue weighted by Gasteiger charge is -2.46. The number of para-hydroxylation sites is 4. The molecule has 9 rings (SSSR count). The first-order valence-electron chi connectivity index (χ1n) is 18.2. The molecule has 2 unspecified atom stereocenters. The van der Waals surface area contributed by atoms with Crippen molar-refractivity contribution in [3.05, 3.63) is 252 Å². The zero-order valence-electron chi connectivity index (χ0n) is 29.6.